The average Bonchev–Trinajstić information content (AvgIpc) is 3.35. The zero-order chi connectivity index (χ0) is 19.7. The molecule has 0 atom stereocenters. The quantitative estimate of drug-likeness (QED) is 0.664. The number of carbonyl (C=O) groups is 1. The van der Waals surface area contributed by atoms with Gasteiger partial charge in [-0.1, -0.05) is 6.07 Å². The Morgan fingerprint density at radius 1 is 1.18 bits per heavy atom. The van der Waals surface area contributed by atoms with Crippen LogP contribution in [0.4, 0.5) is 0 Å². The summed E-state index contributed by atoms with van der Waals surface area (Å²) in [6.45, 7) is 2.82. The van der Waals surface area contributed by atoms with Crippen molar-refractivity contribution < 1.29 is 14.3 Å². The summed E-state index contributed by atoms with van der Waals surface area (Å²) < 4.78 is 12.3. The molecule has 28 heavy (non-hydrogen) atoms. The lowest BCUT2D eigenvalue weighted by Crippen LogP contribution is -2.35. The molecule has 0 fully saturated rings. The molecular formula is C21H20N2O4S. The number of rotatable bonds is 5. The van der Waals surface area contributed by atoms with Crippen LogP contribution in [-0.2, 0) is 13.1 Å². The number of aromatic nitrogens is 1. The van der Waals surface area contributed by atoms with Crippen LogP contribution in [0.3, 0.4) is 0 Å². The number of nitrogens with zero attached hydrogens (tertiary/aromatic N) is 2. The van der Waals surface area contributed by atoms with E-state index >= 15 is 0 Å². The molecule has 3 heterocycles. The maximum absolute atomic E-state index is 13.0. The number of carbonyl (C=O) groups excluding carboxylic acids is 1. The van der Waals surface area contributed by atoms with Gasteiger partial charge < -0.3 is 18.9 Å². The number of fused-ring (bicyclic) bond motifs is 1. The van der Waals surface area contributed by atoms with E-state index in [1.165, 1.54) is 0 Å². The summed E-state index contributed by atoms with van der Waals surface area (Å²) in [5.74, 6) is 1.10. The van der Waals surface area contributed by atoms with Gasteiger partial charge in [-0.25, -0.2) is 0 Å². The van der Waals surface area contributed by atoms with E-state index in [1.807, 2.05) is 35.0 Å². The molecule has 0 unspecified atom stereocenters. The van der Waals surface area contributed by atoms with Crippen LogP contribution < -0.4 is 15.0 Å². The molecule has 0 N–H and O–H groups in total. The molecule has 1 aromatic carbocycles. The summed E-state index contributed by atoms with van der Waals surface area (Å²) in [5, 5.41) is 3.97. The third-order valence-corrected chi connectivity index (χ3v) is 5.46. The predicted octanol–water partition coefficient (Wildman–Crippen LogP) is 3.27. The molecular weight excluding hydrogens is 376 g/mol. The zero-order valence-corrected chi connectivity index (χ0v) is 16.5. The number of amides is 1. The lowest BCUT2D eigenvalue weighted by atomic mass is 10.1. The molecule has 7 heteroatoms. The third-order valence-electron chi connectivity index (χ3n) is 4.72. The lowest BCUT2D eigenvalue weighted by molar-refractivity contribution is 0.0782. The fourth-order valence-corrected chi connectivity index (χ4v) is 3.86. The molecule has 0 saturated heterocycles. The second-order valence-corrected chi connectivity index (χ2v) is 7.57. The van der Waals surface area contributed by atoms with Crippen molar-refractivity contribution in [2.75, 3.05) is 13.8 Å². The number of hydrogen-bond acceptors (Lipinski definition) is 5. The van der Waals surface area contributed by atoms with Gasteiger partial charge in [0.2, 0.25) is 6.79 Å². The first-order chi connectivity index (χ1) is 13.5. The molecule has 1 amide bonds. The normalized spacial score (nSPS) is 12.2. The molecule has 0 radical (unpaired) electrons. The molecule has 0 aliphatic carbocycles. The fraction of sp³-hybridized carbons (Fsp3) is 0.238. The third kappa shape index (κ3) is 3.53. The van der Waals surface area contributed by atoms with Crippen molar-refractivity contribution in [1.82, 2.24) is 9.47 Å². The molecule has 3 aromatic rings. The van der Waals surface area contributed by atoms with Crippen molar-refractivity contribution in [2.45, 2.75) is 20.0 Å². The fourth-order valence-electron chi connectivity index (χ4n) is 3.20. The van der Waals surface area contributed by atoms with Crippen LogP contribution >= 0.6 is 11.3 Å². The van der Waals surface area contributed by atoms with Crippen molar-refractivity contribution in [3.63, 3.8) is 0 Å². The van der Waals surface area contributed by atoms with Crippen LogP contribution in [0.5, 0.6) is 11.5 Å². The largest absolute Gasteiger partial charge is 0.454 e. The van der Waals surface area contributed by atoms with E-state index in [2.05, 4.69) is 0 Å². The first kappa shape index (κ1) is 18.3. The van der Waals surface area contributed by atoms with Gasteiger partial charge in [0.05, 0.1) is 6.54 Å². The van der Waals surface area contributed by atoms with Crippen molar-refractivity contribution in [1.29, 1.82) is 0 Å². The topological polar surface area (TPSA) is 60.8 Å². The van der Waals surface area contributed by atoms with Gasteiger partial charge in [0.1, 0.15) is 5.56 Å². The molecule has 0 saturated carbocycles. The summed E-state index contributed by atoms with van der Waals surface area (Å²) in [5.41, 5.74) is 2.55. The van der Waals surface area contributed by atoms with E-state index in [0.717, 1.165) is 11.1 Å². The summed E-state index contributed by atoms with van der Waals surface area (Å²) >= 11 is 1.58. The minimum atomic E-state index is -0.292. The summed E-state index contributed by atoms with van der Waals surface area (Å²) in [7, 11) is 1.72. The molecule has 0 bridgehead atoms. The standard InChI is InChI=1S/C21H20N2O4S/c1-14-5-7-23(11-15-3-4-17-18(9-15)27-13-26-17)21(25)19(14)20(24)22(2)10-16-6-8-28-12-16/h3-9,12H,10-11,13H2,1-2H3. The average molecular weight is 396 g/mol. The van der Waals surface area contributed by atoms with Crippen LogP contribution in [-0.4, -0.2) is 29.2 Å². The zero-order valence-electron chi connectivity index (χ0n) is 15.7. The van der Waals surface area contributed by atoms with Gasteiger partial charge in [0.15, 0.2) is 11.5 Å². The molecule has 0 spiro atoms. The van der Waals surface area contributed by atoms with E-state index in [4.69, 9.17) is 9.47 Å². The van der Waals surface area contributed by atoms with Crippen molar-refractivity contribution in [3.05, 3.63) is 79.9 Å². The molecule has 4 rings (SSSR count). The Morgan fingerprint density at radius 3 is 2.79 bits per heavy atom. The van der Waals surface area contributed by atoms with E-state index < -0.39 is 0 Å². The Morgan fingerprint density at radius 2 is 2.00 bits per heavy atom. The molecule has 1 aliphatic rings. The Bertz CT molecular complexity index is 1070. The number of benzene rings is 1. The van der Waals surface area contributed by atoms with Crippen molar-refractivity contribution >= 4 is 17.2 Å². The summed E-state index contributed by atoms with van der Waals surface area (Å²) in [6, 6.07) is 9.37. The van der Waals surface area contributed by atoms with Crippen LogP contribution in [0.2, 0.25) is 0 Å². The Kier molecular flexibility index (Phi) is 4.92. The maximum Gasteiger partial charge on any atom is 0.263 e. The van der Waals surface area contributed by atoms with E-state index in [0.29, 0.717) is 30.2 Å². The molecule has 1 aliphatic heterocycles. The first-order valence-corrected chi connectivity index (χ1v) is 9.82. The predicted molar refractivity (Wildman–Crippen MR) is 107 cm³/mol. The van der Waals surface area contributed by atoms with Crippen LogP contribution in [0.25, 0.3) is 0 Å². The van der Waals surface area contributed by atoms with Crippen LogP contribution in [0.1, 0.15) is 27.0 Å². The Hall–Kier alpha value is -3.06. The van der Waals surface area contributed by atoms with Gasteiger partial charge in [0.25, 0.3) is 11.5 Å². The molecule has 6 nitrogen and oxygen atoms in total. The van der Waals surface area contributed by atoms with Gasteiger partial charge in [-0.15, -0.1) is 0 Å². The van der Waals surface area contributed by atoms with E-state index in [9.17, 15) is 9.59 Å². The maximum atomic E-state index is 13.0. The Labute approximate surface area is 166 Å². The summed E-state index contributed by atoms with van der Waals surface area (Å²) in [6.07, 6.45) is 1.72. The number of ether oxygens (including phenoxy) is 2. The second-order valence-electron chi connectivity index (χ2n) is 6.79. The van der Waals surface area contributed by atoms with Crippen molar-refractivity contribution in [2.24, 2.45) is 0 Å². The summed E-state index contributed by atoms with van der Waals surface area (Å²) in [4.78, 5) is 27.6. The first-order valence-electron chi connectivity index (χ1n) is 8.88. The monoisotopic (exact) mass is 396 g/mol. The molecule has 2 aromatic heterocycles. The number of aryl methyl sites for hydroxylation is 1. The van der Waals surface area contributed by atoms with Gasteiger partial charge in [0, 0.05) is 19.8 Å². The van der Waals surface area contributed by atoms with Gasteiger partial charge in [-0.3, -0.25) is 9.59 Å². The minimum Gasteiger partial charge on any atom is -0.454 e. The smallest absolute Gasteiger partial charge is 0.263 e. The SMILES string of the molecule is Cc1ccn(Cc2ccc3c(c2)OCO3)c(=O)c1C(=O)N(C)Cc1ccsc1. The highest BCUT2D eigenvalue weighted by molar-refractivity contribution is 7.07. The second kappa shape index (κ2) is 7.52. The van der Waals surface area contributed by atoms with E-state index in [-0.39, 0.29) is 23.8 Å². The number of pyridine rings is 1. The highest BCUT2D eigenvalue weighted by Gasteiger charge is 2.20. The molecule has 144 valence electrons. The minimum absolute atomic E-state index is 0.207. The van der Waals surface area contributed by atoms with Gasteiger partial charge in [-0.05, 0) is 58.6 Å². The van der Waals surface area contributed by atoms with Crippen LogP contribution in [0.15, 0.2) is 52.1 Å². The highest BCUT2D eigenvalue weighted by Crippen LogP contribution is 2.32. The van der Waals surface area contributed by atoms with Gasteiger partial charge in [-0.2, -0.15) is 11.3 Å². The van der Waals surface area contributed by atoms with Crippen LogP contribution in [0, 0.1) is 6.92 Å². The Balaban J connectivity index is 1.60. The lowest BCUT2D eigenvalue weighted by Gasteiger charge is -2.18. The van der Waals surface area contributed by atoms with Gasteiger partial charge >= 0.3 is 0 Å². The van der Waals surface area contributed by atoms with E-state index in [1.54, 1.807) is 47.0 Å². The number of hydrogen-bond donors (Lipinski definition) is 0. The van der Waals surface area contributed by atoms with Crippen molar-refractivity contribution in [3.8, 4) is 11.5 Å². The highest BCUT2D eigenvalue weighted by atomic mass is 32.1. The number of thiophene rings is 1.